The van der Waals surface area contributed by atoms with Gasteiger partial charge >= 0.3 is 0 Å². The largest absolute Gasteiger partial charge is 0.364 e. The Morgan fingerprint density at radius 2 is 2.13 bits per heavy atom. The lowest BCUT2D eigenvalue weighted by Crippen LogP contribution is -2.13. The van der Waals surface area contributed by atoms with Crippen LogP contribution in [0.5, 0.6) is 0 Å². The number of amides is 1. The number of nitrogens with one attached hydrogen (secondary N) is 1. The number of aromatic nitrogens is 3. The van der Waals surface area contributed by atoms with Gasteiger partial charge in [0.25, 0.3) is 5.91 Å². The van der Waals surface area contributed by atoms with Gasteiger partial charge in [0.2, 0.25) is 0 Å². The molecule has 8 heteroatoms. The van der Waals surface area contributed by atoms with Crippen LogP contribution in [0.3, 0.4) is 0 Å². The van der Waals surface area contributed by atoms with Crippen molar-refractivity contribution in [3.8, 4) is 0 Å². The predicted octanol–water partition coefficient (Wildman–Crippen LogP) is 3.24. The highest BCUT2D eigenvalue weighted by molar-refractivity contribution is 8.01. The minimum atomic E-state index is -0.542. The van der Waals surface area contributed by atoms with Crippen molar-refractivity contribution in [2.75, 3.05) is 5.32 Å². The molecule has 0 spiro atoms. The normalized spacial score (nSPS) is 10.5. The minimum absolute atomic E-state index is 0.265. The van der Waals surface area contributed by atoms with Crippen LogP contribution in [-0.4, -0.2) is 20.9 Å². The van der Waals surface area contributed by atoms with Crippen LogP contribution in [0.4, 0.5) is 10.9 Å². The Morgan fingerprint density at radius 3 is 2.91 bits per heavy atom. The number of anilines is 2. The number of pyridine rings is 2. The molecule has 116 valence electrons. The van der Waals surface area contributed by atoms with E-state index in [1.807, 2.05) is 25.1 Å². The molecule has 3 heterocycles. The number of hydrogen-bond acceptors (Lipinski definition) is 7. The molecule has 3 aromatic heterocycles. The topological polar surface area (TPSA) is 93.8 Å². The molecular formula is C15H13N5OS2. The van der Waals surface area contributed by atoms with Gasteiger partial charge in [-0.3, -0.25) is 4.79 Å². The van der Waals surface area contributed by atoms with Crippen molar-refractivity contribution >= 4 is 40.0 Å². The summed E-state index contributed by atoms with van der Waals surface area (Å²) in [5, 5.41) is 3.90. The van der Waals surface area contributed by atoms with Crippen molar-refractivity contribution in [1.29, 1.82) is 0 Å². The summed E-state index contributed by atoms with van der Waals surface area (Å²) < 4.78 is 0.927. The van der Waals surface area contributed by atoms with Crippen LogP contribution in [0.1, 0.15) is 16.1 Å². The second kappa shape index (κ2) is 6.76. The summed E-state index contributed by atoms with van der Waals surface area (Å²) in [6.07, 6.45) is 5.04. The van der Waals surface area contributed by atoms with E-state index in [4.69, 9.17) is 5.73 Å². The number of nitrogens with two attached hydrogens (primary N) is 1. The number of carbonyl (C=O) groups is 1. The Hall–Kier alpha value is -2.45. The smallest absolute Gasteiger partial charge is 0.268 e. The average Bonchev–Trinajstić information content (AvgIpc) is 2.94. The third-order valence-electron chi connectivity index (χ3n) is 2.85. The maximum absolute atomic E-state index is 11.4. The molecule has 0 aliphatic heterocycles. The first-order valence-corrected chi connectivity index (χ1v) is 8.33. The van der Waals surface area contributed by atoms with Gasteiger partial charge in [-0.05, 0) is 36.8 Å². The van der Waals surface area contributed by atoms with Crippen molar-refractivity contribution in [3.05, 3.63) is 54.1 Å². The Labute approximate surface area is 141 Å². The van der Waals surface area contributed by atoms with Crippen LogP contribution < -0.4 is 11.1 Å². The second-order valence-electron chi connectivity index (χ2n) is 4.64. The zero-order valence-corrected chi connectivity index (χ0v) is 13.8. The van der Waals surface area contributed by atoms with Crippen LogP contribution in [0, 0.1) is 6.92 Å². The number of aryl methyl sites for hydroxylation is 1. The first-order valence-electron chi connectivity index (χ1n) is 6.70. The Morgan fingerprint density at radius 1 is 1.26 bits per heavy atom. The highest BCUT2D eigenvalue weighted by atomic mass is 32.2. The molecule has 0 aromatic carbocycles. The minimum Gasteiger partial charge on any atom is -0.364 e. The summed E-state index contributed by atoms with van der Waals surface area (Å²) >= 11 is 2.88. The van der Waals surface area contributed by atoms with Gasteiger partial charge in [-0.25, -0.2) is 15.0 Å². The number of primary amides is 1. The van der Waals surface area contributed by atoms with Gasteiger partial charge < -0.3 is 11.1 Å². The maximum Gasteiger partial charge on any atom is 0.268 e. The van der Waals surface area contributed by atoms with E-state index < -0.39 is 5.91 Å². The molecule has 0 saturated heterocycles. The maximum atomic E-state index is 11.4. The fraction of sp³-hybridized carbons (Fsp3) is 0.0667. The second-order valence-corrected chi connectivity index (χ2v) is 7.02. The SMILES string of the molecule is Cc1ccnc(Nc2ncc(Sc3cccnc3C(N)=O)s2)c1. The fourth-order valence-corrected chi connectivity index (χ4v) is 3.79. The third-order valence-corrected chi connectivity index (χ3v) is 4.91. The molecule has 6 nitrogen and oxygen atoms in total. The molecule has 0 aliphatic carbocycles. The molecule has 0 fully saturated rings. The van der Waals surface area contributed by atoms with Crippen molar-refractivity contribution in [3.63, 3.8) is 0 Å². The van der Waals surface area contributed by atoms with Crippen molar-refractivity contribution < 1.29 is 4.79 Å². The Kier molecular flexibility index (Phi) is 4.54. The number of thiazole rings is 1. The number of nitrogens with zero attached hydrogens (tertiary/aromatic N) is 3. The lowest BCUT2D eigenvalue weighted by Gasteiger charge is -2.03. The van der Waals surface area contributed by atoms with Gasteiger partial charge in [0, 0.05) is 17.3 Å². The lowest BCUT2D eigenvalue weighted by molar-refractivity contribution is 0.0992. The van der Waals surface area contributed by atoms with Gasteiger partial charge in [0.05, 0.1) is 10.4 Å². The van der Waals surface area contributed by atoms with Crippen molar-refractivity contribution in [1.82, 2.24) is 15.0 Å². The molecule has 3 rings (SSSR count). The van der Waals surface area contributed by atoms with Gasteiger partial charge in [-0.2, -0.15) is 0 Å². The average molecular weight is 343 g/mol. The van der Waals surface area contributed by atoms with E-state index >= 15 is 0 Å². The molecule has 0 unspecified atom stereocenters. The Balaban J connectivity index is 1.76. The van der Waals surface area contributed by atoms with E-state index in [1.165, 1.54) is 23.1 Å². The molecule has 0 bridgehead atoms. The molecule has 3 N–H and O–H groups in total. The summed E-state index contributed by atoms with van der Waals surface area (Å²) in [4.78, 5) is 24.7. The standard InChI is InChI=1S/C15H13N5OS2/c1-9-4-6-17-11(7-9)20-15-19-8-12(23-15)22-10-3-2-5-18-13(10)14(16)21/h2-8H,1H3,(H2,16,21)(H,17,19,20). The molecule has 23 heavy (non-hydrogen) atoms. The van der Waals surface area contributed by atoms with E-state index in [0.717, 1.165) is 20.7 Å². The molecule has 0 radical (unpaired) electrons. The summed E-state index contributed by atoms with van der Waals surface area (Å²) in [6.45, 7) is 2.00. The quantitative estimate of drug-likeness (QED) is 0.738. The highest BCUT2D eigenvalue weighted by Gasteiger charge is 2.12. The summed E-state index contributed by atoms with van der Waals surface area (Å²) in [6, 6.07) is 7.46. The molecule has 0 atom stereocenters. The predicted molar refractivity (Wildman–Crippen MR) is 91.2 cm³/mol. The summed E-state index contributed by atoms with van der Waals surface area (Å²) in [5.74, 6) is 0.204. The number of carbonyl (C=O) groups excluding carboxylic acids is 1. The fourth-order valence-electron chi connectivity index (χ4n) is 1.84. The van der Waals surface area contributed by atoms with E-state index in [2.05, 4.69) is 20.3 Å². The lowest BCUT2D eigenvalue weighted by atomic mass is 10.3. The molecule has 0 saturated carbocycles. The monoisotopic (exact) mass is 343 g/mol. The first kappa shape index (κ1) is 15.4. The van der Waals surface area contributed by atoms with Crippen molar-refractivity contribution in [2.45, 2.75) is 16.0 Å². The molecule has 1 amide bonds. The molecular weight excluding hydrogens is 330 g/mol. The van der Waals surface area contributed by atoms with E-state index in [0.29, 0.717) is 4.90 Å². The van der Waals surface area contributed by atoms with Crippen LogP contribution in [0.25, 0.3) is 0 Å². The summed E-state index contributed by atoms with van der Waals surface area (Å²) in [5.41, 5.74) is 6.73. The first-order chi connectivity index (χ1) is 11.1. The zero-order valence-electron chi connectivity index (χ0n) is 12.2. The number of hydrogen-bond donors (Lipinski definition) is 2. The van der Waals surface area contributed by atoms with Gasteiger partial charge in [-0.15, -0.1) is 0 Å². The van der Waals surface area contributed by atoms with Crippen LogP contribution in [0.2, 0.25) is 0 Å². The molecule has 3 aromatic rings. The number of rotatable bonds is 5. The summed E-state index contributed by atoms with van der Waals surface area (Å²) in [7, 11) is 0. The highest BCUT2D eigenvalue weighted by Crippen LogP contribution is 2.35. The molecule has 0 aliphatic rings. The van der Waals surface area contributed by atoms with Crippen LogP contribution in [-0.2, 0) is 0 Å². The van der Waals surface area contributed by atoms with Gasteiger partial charge in [0.15, 0.2) is 5.13 Å². The zero-order chi connectivity index (χ0) is 16.2. The van der Waals surface area contributed by atoms with Crippen LogP contribution >= 0.6 is 23.1 Å². The van der Waals surface area contributed by atoms with E-state index in [1.54, 1.807) is 24.7 Å². The van der Waals surface area contributed by atoms with Gasteiger partial charge in [0.1, 0.15) is 11.5 Å². The van der Waals surface area contributed by atoms with Crippen molar-refractivity contribution in [2.24, 2.45) is 5.73 Å². The van der Waals surface area contributed by atoms with Crippen LogP contribution in [0.15, 0.2) is 52.0 Å². The third kappa shape index (κ3) is 3.85. The van der Waals surface area contributed by atoms with Gasteiger partial charge in [-0.1, -0.05) is 23.1 Å². The van der Waals surface area contributed by atoms with E-state index in [-0.39, 0.29) is 5.69 Å². The van der Waals surface area contributed by atoms with E-state index in [9.17, 15) is 4.79 Å². The Bertz CT molecular complexity index is 849.